The van der Waals surface area contributed by atoms with Crippen molar-refractivity contribution >= 4 is 45.5 Å². The van der Waals surface area contributed by atoms with Crippen LogP contribution < -0.4 is 9.47 Å². The number of hydrogen-bond acceptors (Lipinski definition) is 5. The zero-order valence-corrected chi connectivity index (χ0v) is 20.3. The van der Waals surface area contributed by atoms with Crippen molar-refractivity contribution in [2.75, 3.05) is 7.11 Å². The molecule has 0 fully saturated rings. The van der Waals surface area contributed by atoms with Gasteiger partial charge in [-0.15, -0.1) is 0 Å². The fourth-order valence-corrected chi connectivity index (χ4v) is 5.28. The summed E-state index contributed by atoms with van der Waals surface area (Å²) >= 11 is 12.9. The highest BCUT2D eigenvalue weighted by Gasteiger charge is 2.44. The molecule has 0 saturated heterocycles. The first kappa shape index (κ1) is 22.0. The number of ether oxygens (including phenoxy) is 2. The Labute approximate surface area is 212 Å². The zero-order chi connectivity index (χ0) is 24.1. The number of rotatable bonds is 4. The smallest absolute Gasteiger partial charge is 0.251 e. The van der Waals surface area contributed by atoms with Crippen molar-refractivity contribution in [3.05, 3.63) is 106 Å². The average molecular weight is 503 g/mol. The maximum Gasteiger partial charge on any atom is 0.251 e. The summed E-state index contributed by atoms with van der Waals surface area (Å²) in [5, 5.41) is 9.82. The van der Waals surface area contributed by atoms with E-state index in [0.717, 1.165) is 27.6 Å². The molecule has 35 heavy (non-hydrogen) atoms. The molecule has 0 bridgehead atoms. The van der Waals surface area contributed by atoms with Crippen LogP contribution in [0.5, 0.6) is 11.5 Å². The first-order chi connectivity index (χ1) is 17.0. The number of fused-ring (bicyclic) bond motifs is 4. The van der Waals surface area contributed by atoms with E-state index in [-0.39, 0.29) is 11.8 Å². The van der Waals surface area contributed by atoms with Crippen molar-refractivity contribution in [1.82, 2.24) is 5.01 Å². The highest BCUT2D eigenvalue weighted by Crippen LogP contribution is 2.47. The van der Waals surface area contributed by atoms with Crippen LogP contribution in [0.1, 0.15) is 33.9 Å². The molecule has 0 saturated carbocycles. The molecule has 0 radical (unpaired) electrons. The van der Waals surface area contributed by atoms with Crippen LogP contribution in [0.15, 0.2) is 84.0 Å². The fourth-order valence-electron chi connectivity index (χ4n) is 4.73. The molecule has 174 valence electrons. The van der Waals surface area contributed by atoms with Gasteiger partial charge < -0.3 is 9.47 Å². The molecule has 2 aliphatic rings. The minimum atomic E-state index is -0.961. The van der Waals surface area contributed by atoms with Gasteiger partial charge in [0.05, 0.1) is 23.9 Å². The van der Waals surface area contributed by atoms with Crippen molar-refractivity contribution in [2.24, 2.45) is 5.10 Å². The van der Waals surface area contributed by atoms with Gasteiger partial charge in [0.15, 0.2) is 0 Å². The largest absolute Gasteiger partial charge is 0.497 e. The molecule has 0 aliphatic carbocycles. The summed E-state index contributed by atoms with van der Waals surface area (Å²) in [7, 11) is 1.59. The number of methoxy groups -OCH3 is 1. The van der Waals surface area contributed by atoms with E-state index in [0.29, 0.717) is 33.5 Å². The molecule has 2 unspecified atom stereocenters. The summed E-state index contributed by atoms with van der Waals surface area (Å²) in [5.74, 6) is 0.932. The van der Waals surface area contributed by atoms with Gasteiger partial charge in [-0.2, -0.15) is 5.10 Å². The van der Waals surface area contributed by atoms with Crippen molar-refractivity contribution in [3.8, 4) is 11.5 Å². The van der Waals surface area contributed by atoms with Gasteiger partial charge in [0.2, 0.25) is 5.78 Å². The number of benzene rings is 4. The normalized spacial score (nSPS) is 18.5. The molecule has 5 nitrogen and oxygen atoms in total. The molecule has 4 aromatic carbocycles. The van der Waals surface area contributed by atoms with Gasteiger partial charge in [-0.05, 0) is 58.8 Å². The van der Waals surface area contributed by atoms with Crippen molar-refractivity contribution in [3.63, 3.8) is 0 Å². The molecule has 2 aliphatic heterocycles. The monoisotopic (exact) mass is 502 g/mol. The third kappa shape index (κ3) is 3.81. The number of carbonyl (C=O) groups is 1. The van der Waals surface area contributed by atoms with Crippen LogP contribution in [-0.4, -0.2) is 29.8 Å². The van der Waals surface area contributed by atoms with E-state index in [1.54, 1.807) is 42.5 Å². The Kier molecular flexibility index (Phi) is 5.39. The standard InChI is InChI=1S/C28H20Cl2N2O3/c1-34-21-10-8-17(9-11-21)26(33)28-32-25(22-13-20(29)14-23(30)27(22)35-28)15-24(31-32)19-7-6-16-4-2-3-5-18(16)12-19/h2-14,25,28H,15H2,1H3. The zero-order valence-electron chi connectivity index (χ0n) is 18.7. The lowest BCUT2D eigenvalue weighted by Gasteiger charge is -2.37. The van der Waals surface area contributed by atoms with E-state index in [2.05, 4.69) is 30.3 Å². The highest BCUT2D eigenvalue weighted by molar-refractivity contribution is 6.35. The van der Waals surface area contributed by atoms with E-state index in [1.807, 2.05) is 18.2 Å². The number of hydrazone groups is 1. The highest BCUT2D eigenvalue weighted by atomic mass is 35.5. The van der Waals surface area contributed by atoms with Crippen LogP contribution in [0, 0.1) is 0 Å². The lowest BCUT2D eigenvalue weighted by Crippen LogP contribution is -2.46. The van der Waals surface area contributed by atoms with Crippen LogP contribution in [-0.2, 0) is 0 Å². The minimum Gasteiger partial charge on any atom is -0.497 e. The topological polar surface area (TPSA) is 51.1 Å². The van der Waals surface area contributed by atoms with Crippen molar-refractivity contribution in [2.45, 2.75) is 18.7 Å². The average Bonchev–Trinajstić information content (AvgIpc) is 3.34. The third-order valence-electron chi connectivity index (χ3n) is 6.49. The summed E-state index contributed by atoms with van der Waals surface area (Å²) in [4.78, 5) is 13.6. The van der Waals surface area contributed by atoms with Crippen molar-refractivity contribution in [1.29, 1.82) is 0 Å². The summed E-state index contributed by atoms with van der Waals surface area (Å²) < 4.78 is 11.4. The Morgan fingerprint density at radius 1 is 1.00 bits per heavy atom. The van der Waals surface area contributed by atoms with Crippen molar-refractivity contribution < 1.29 is 14.3 Å². The molecule has 4 aromatic rings. The SMILES string of the molecule is COc1ccc(C(=O)C2Oc3c(Cl)cc(Cl)cc3C3CC(c4ccc5ccccc5c4)=NN23)cc1. The van der Waals surface area contributed by atoms with E-state index < -0.39 is 6.23 Å². The second kappa shape index (κ2) is 8.59. The van der Waals surface area contributed by atoms with Crippen LogP contribution in [0.2, 0.25) is 10.0 Å². The van der Waals surface area contributed by atoms with Crippen LogP contribution in [0.4, 0.5) is 0 Å². The number of ketones is 1. The van der Waals surface area contributed by atoms with E-state index in [9.17, 15) is 4.79 Å². The molecule has 0 aromatic heterocycles. The van der Waals surface area contributed by atoms with Gasteiger partial charge >= 0.3 is 0 Å². The lowest BCUT2D eigenvalue weighted by molar-refractivity contribution is -0.00448. The molecule has 2 atom stereocenters. The summed E-state index contributed by atoms with van der Waals surface area (Å²) in [5.41, 5.74) is 3.20. The van der Waals surface area contributed by atoms with Crippen LogP contribution in [0.3, 0.4) is 0 Å². The first-order valence-corrected chi connectivity index (χ1v) is 12.0. The molecular formula is C28H20Cl2N2O3. The molecule has 2 heterocycles. The van der Waals surface area contributed by atoms with Gasteiger partial charge in [0.25, 0.3) is 6.23 Å². The number of halogens is 2. The maximum atomic E-state index is 13.6. The second-order valence-corrected chi connectivity index (χ2v) is 9.42. The van der Waals surface area contributed by atoms with E-state index in [4.69, 9.17) is 37.8 Å². The molecular weight excluding hydrogens is 483 g/mol. The van der Waals surface area contributed by atoms with Gasteiger partial charge in [-0.1, -0.05) is 59.6 Å². The Morgan fingerprint density at radius 3 is 2.54 bits per heavy atom. The van der Waals surface area contributed by atoms with Crippen LogP contribution >= 0.6 is 23.2 Å². The number of nitrogens with zero attached hydrogens (tertiary/aromatic N) is 2. The lowest BCUT2D eigenvalue weighted by atomic mass is 9.95. The number of carbonyl (C=O) groups excluding carboxylic acids is 1. The molecule has 6 rings (SSSR count). The molecule has 0 spiro atoms. The predicted octanol–water partition coefficient (Wildman–Crippen LogP) is 6.91. The second-order valence-electron chi connectivity index (χ2n) is 8.58. The minimum absolute atomic E-state index is 0.210. The van der Waals surface area contributed by atoms with Crippen LogP contribution in [0.25, 0.3) is 10.8 Å². The predicted molar refractivity (Wildman–Crippen MR) is 138 cm³/mol. The Hall–Kier alpha value is -3.54. The Balaban J connectivity index is 1.43. The number of hydrogen-bond donors (Lipinski definition) is 0. The van der Waals surface area contributed by atoms with Gasteiger partial charge in [-0.25, -0.2) is 5.01 Å². The molecule has 0 N–H and O–H groups in total. The van der Waals surface area contributed by atoms with Gasteiger partial charge in [0, 0.05) is 22.6 Å². The van der Waals surface area contributed by atoms with Gasteiger partial charge in [-0.3, -0.25) is 4.79 Å². The number of Topliss-reactive ketones (excluding diaryl/α,β-unsaturated/α-hetero) is 1. The Bertz CT molecular complexity index is 1500. The fraction of sp³-hybridized carbons (Fsp3) is 0.143. The van der Waals surface area contributed by atoms with E-state index >= 15 is 0 Å². The summed E-state index contributed by atoms with van der Waals surface area (Å²) in [6.45, 7) is 0. The quantitative estimate of drug-likeness (QED) is 0.284. The first-order valence-electron chi connectivity index (χ1n) is 11.2. The third-order valence-corrected chi connectivity index (χ3v) is 6.99. The summed E-state index contributed by atoms with van der Waals surface area (Å²) in [6.07, 6.45) is -0.366. The molecule has 0 amide bonds. The van der Waals surface area contributed by atoms with Gasteiger partial charge in [0.1, 0.15) is 11.5 Å². The molecule has 7 heteroatoms. The summed E-state index contributed by atoms with van der Waals surface area (Å²) in [6, 6.07) is 24.7. The maximum absolute atomic E-state index is 13.6. The van der Waals surface area contributed by atoms with E-state index in [1.165, 1.54) is 0 Å². The Morgan fingerprint density at radius 2 is 1.77 bits per heavy atom.